The summed E-state index contributed by atoms with van der Waals surface area (Å²) in [5, 5.41) is 11.4. The first-order chi connectivity index (χ1) is 11.1. The molecule has 0 spiro atoms. The first kappa shape index (κ1) is 16.1. The van der Waals surface area contributed by atoms with Crippen molar-refractivity contribution in [2.24, 2.45) is 0 Å². The quantitative estimate of drug-likeness (QED) is 0.790. The summed E-state index contributed by atoms with van der Waals surface area (Å²) in [6.45, 7) is 3.59. The van der Waals surface area contributed by atoms with Gasteiger partial charge in [-0.1, -0.05) is 12.7 Å². The van der Waals surface area contributed by atoms with Crippen molar-refractivity contribution in [3.8, 4) is 11.5 Å². The minimum atomic E-state index is -0.990. The summed E-state index contributed by atoms with van der Waals surface area (Å²) in [6.07, 6.45) is 0.911. The summed E-state index contributed by atoms with van der Waals surface area (Å²) in [4.78, 5) is 22.1. The number of aromatic carboxylic acids is 1. The molecule has 0 radical (unpaired) electrons. The standard InChI is InChI=1S/C17H15NO5/c1-2-11-22-17(21)18-13-5-9-15(10-6-13)23-14-7-3-12(4-8-14)16(19)20/h2-10H,1,11H2,(H,18,21)(H,19,20). The number of nitrogens with one attached hydrogen (secondary N) is 1. The molecule has 2 N–H and O–H groups in total. The highest BCUT2D eigenvalue weighted by Gasteiger charge is 2.04. The number of ether oxygens (including phenoxy) is 2. The van der Waals surface area contributed by atoms with Gasteiger partial charge in [0.2, 0.25) is 0 Å². The molecule has 0 bridgehead atoms. The third kappa shape index (κ3) is 4.89. The van der Waals surface area contributed by atoms with Crippen LogP contribution in [0.5, 0.6) is 11.5 Å². The van der Waals surface area contributed by atoms with Gasteiger partial charge >= 0.3 is 12.1 Å². The molecule has 0 saturated carbocycles. The lowest BCUT2D eigenvalue weighted by molar-refractivity contribution is 0.0697. The van der Waals surface area contributed by atoms with E-state index in [1.165, 1.54) is 18.2 Å². The van der Waals surface area contributed by atoms with Gasteiger partial charge in [-0.2, -0.15) is 0 Å². The maximum absolute atomic E-state index is 11.4. The zero-order chi connectivity index (χ0) is 16.7. The van der Waals surface area contributed by atoms with Gasteiger partial charge in [0.15, 0.2) is 0 Å². The third-order valence-corrected chi connectivity index (χ3v) is 2.77. The Bertz CT molecular complexity index is 692. The Morgan fingerprint density at radius 1 is 1.04 bits per heavy atom. The van der Waals surface area contributed by atoms with Crippen molar-refractivity contribution in [1.82, 2.24) is 0 Å². The minimum absolute atomic E-state index is 0.138. The Balaban J connectivity index is 1.95. The average molecular weight is 313 g/mol. The molecule has 118 valence electrons. The van der Waals surface area contributed by atoms with Gasteiger partial charge in [-0.3, -0.25) is 5.32 Å². The van der Waals surface area contributed by atoms with Crippen molar-refractivity contribution in [3.63, 3.8) is 0 Å². The Hall–Kier alpha value is -3.28. The molecule has 23 heavy (non-hydrogen) atoms. The molecule has 0 unspecified atom stereocenters. The molecule has 2 aromatic carbocycles. The van der Waals surface area contributed by atoms with Gasteiger partial charge < -0.3 is 14.6 Å². The summed E-state index contributed by atoms with van der Waals surface area (Å²) >= 11 is 0. The number of benzene rings is 2. The lowest BCUT2D eigenvalue weighted by Gasteiger charge is -2.08. The fraction of sp³-hybridized carbons (Fsp3) is 0.0588. The van der Waals surface area contributed by atoms with Gasteiger partial charge in [-0.05, 0) is 48.5 Å². The molecular formula is C17H15NO5. The first-order valence-corrected chi connectivity index (χ1v) is 6.74. The Kier molecular flexibility index (Phi) is 5.35. The zero-order valence-electron chi connectivity index (χ0n) is 12.2. The van der Waals surface area contributed by atoms with Crippen molar-refractivity contribution in [1.29, 1.82) is 0 Å². The molecule has 6 heteroatoms. The highest BCUT2D eigenvalue weighted by atomic mass is 16.5. The molecule has 0 aliphatic carbocycles. The van der Waals surface area contributed by atoms with E-state index in [0.717, 1.165) is 0 Å². The predicted molar refractivity (Wildman–Crippen MR) is 85.1 cm³/mol. The molecule has 0 heterocycles. The monoisotopic (exact) mass is 313 g/mol. The van der Waals surface area contributed by atoms with Crippen LogP contribution in [0.4, 0.5) is 10.5 Å². The number of amides is 1. The van der Waals surface area contributed by atoms with E-state index in [4.69, 9.17) is 14.6 Å². The van der Waals surface area contributed by atoms with Crippen LogP contribution in [0.2, 0.25) is 0 Å². The fourth-order valence-electron chi connectivity index (χ4n) is 1.70. The lowest BCUT2D eigenvalue weighted by Crippen LogP contribution is -2.13. The molecule has 0 saturated heterocycles. The molecule has 2 aromatic rings. The number of rotatable bonds is 6. The van der Waals surface area contributed by atoms with Crippen molar-refractivity contribution in [2.45, 2.75) is 0 Å². The second-order valence-corrected chi connectivity index (χ2v) is 4.47. The molecule has 0 fully saturated rings. The second-order valence-electron chi connectivity index (χ2n) is 4.47. The van der Waals surface area contributed by atoms with Crippen LogP contribution in [-0.4, -0.2) is 23.8 Å². The average Bonchev–Trinajstić information content (AvgIpc) is 2.55. The zero-order valence-corrected chi connectivity index (χ0v) is 12.2. The van der Waals surface area contributed by atoms with Crippen molar-refractivity contribution >= 4 is 17.7 Å². The topological polar surface area (TPSA) is 84.9 Å². The SMILES string of the molecule is C=CCOC(=O)Nc1ccc(Oc2ccc(C(=O)O)cc2)cc1. The van der Waals surface area contributed by atoms with E-state index in [9.17, 15) is 9.59 Å². The summed E-state index contributed by atoms with van der Waals surface area (Å²) in [6, 6.07) is 12.7. The van der Waals surface area contributed by atoms with Crippen LogP contribution in [0, 0.1) is 0 Å². The van der Waals surface area contributed by atoms with Crippen LogP contribution < -0.4 is 10.1 Å². The molecule has 0 aromatic heterocycles. The first-order valence-electron chi connectivity index (χ1n) is 6.74. The van der Waals surface area contributed by atoms with Gasteiger partial charge in [0.25, 0.3) is 0 Å². The Morgan fingerprint density at radius 2 is 1.61 bits per heavy atom. The van der Waals surface area contributed by atoms with E-state index < -0.39 is 12.1 Å². The normalized spacial score (nSPS) is 9.74. The van der Waals surface area contributed by atoms with Crippen molar-refractivity contribution in [2.75, 3.05) is 11.9 Å². The fourth-order valence-corrected chi connectivity index (χ4v) is 1.70. The van der Waals surface area contributed by atoms with E-state index in [1.807, 2.05) is 0 Å². The summed E-state index contributed by atoms with van der Waals surface area (Å²) < 4.78 is 10.4. The number of carboxylic acid groups (broad SMARTS) is 1. The number of anilines is 1. The van der Waals surface area contributed by atoms with E-state index in [2.05, 4.69) is 11.9 Å². The number of hydrogen-bond acceptors (Lipinski definition) is 4. The second kappa shape index (κ2) is 7.65. The van der Waals surface area contributed by atoms with E-state index in [1.54, 1.807) is 36.4 Å². The molecule has 1 amide bonds. The number of carboxylic acids is 1. The van der Waals surface area contributed by atoms with E-state index >= 15 is 0 Å². The van der Waals surface area contributed by atoms with Crippen LogP contribution >= 0.6 is 0 Å². The van der Waals surface area contributed by atoms with E-state index in [-0.39, 0.29) is 12.2 Å². The van der Waals surface area contributed by atoms with Gasteiger partial charge in [0.1, 0.15) is 18.1 Å². The van der Waals surface area contributed by atoms with Crippen LogP contribution in [0.3, 0.4) is 0 Å². The summed E-state index contributed by atoms with van der Waals surface area (Å²) in [5.41, 5.74) is 0.752. The van der Waals surface area contributed by atoms with E-state index in [0.29, 0.717) is 17.2 Å². The van der Waals surface area contributed by atoms with Gasteiger partial charge in [0, 0.05) is 5.69 Å². The third-order valence-electron chi connectivity index (χ3n) is 2.77. The van der Waals surface area contributed by atoms with Crippen LogP contribution in [0.25, 0.3) is 0 Å². The predicted octanol–water partition coefficient (Wildman–Crippen LogP) is 3.91. The largest absolute Gasteiger partial charge is 0.478 e. The van der Waals surface area contributed by atoms with Gasteiger partial charge in [-0.15, -0.1) is 0 Å². The summed E-state index contributed by atoms with van der Waals surface area (Å²) in [5.74, 6) is 0.0782. The molecule has 2 rings (SSSR count). The summed E-state index contributed by atoms with van der Waals surface area (Å²) in [7, 11) is 0. The van der Waals surface area contributed by atoms with Crippen molar-refractivity contribution in [3.05, 3.63) is 66.7 Å². The van der Waals surface area contributed by atoms with Crippen LogP contribution in [0.15, 0.2) is 61.2 Å². The molecular weight excluding hydrogens is 298 g/mol. The Labute approximate surface area is 133 Å². The van der Waals surface area contributed by atoms with Crippen LogP contribution in [-0.2, 0) is 4.74 Å². The number of carbonyl (C=O) groups is 2. The molecule has 0 aliphatic heterocycles. The number of carbonyl (C=O) groups excluding carboxylic acids is 1. The molecule has 6 nitrogen and oxygen atoms in total. The van der Waals surface area contributed by atoms with Crippen LogP contribution in [0.1, 0.15) is 10.4 Å². The maximum atomic E-state index is 11.4. The number of hydrogen-bond donors (Lipinski definition) is 2. The highest BCUT2D eigenvalue weighted by molar-refractivity contribution is 5.87. The minimum Gasteiger partial charge on any atom is -0.478 e. The van der Waals surface area contributed by atoms with Gasteiger partial charge in [0.05, 0.1) is 5.56 Å². The molecule has 0 aliphatic rings. The highest BCUT2D eigenvalue weighted by Crippen LogP contribution is 2.23. The maximum Gasteiger partial charge on any atom is 0.411 e. The Morgan fingerprint density at radius 3 is 2.13 bits per heavy atom. The van der Waals surface area contributed by atoms with Crippen molar-refractivity contribution < 1.29 is 24.2 Å². The smallest absolute Gasteiger partial charge is 0.411 e. The lowest BCUT2D eigenvalue weighted by atomic mass is 10.2. The molecule has 0 atom stereocenters. The van der Waals surface area contributed by atoms with Gasteiger partial charge in [-0.25, -0.2) is 9.59 Å².